The average Bonchev–Trinajstić information content (AvgIpc) is 2.76. The van der Waals surface area contributed by atoms with Crippen LogP contribution in [0.4, 0.5) is 0 Å². The lowest BCUT2D eigenvalue weighted by Crippen LogP contribution is -2.25. The first-order valence-corrected chi connectivity index (χ1v) is 13.4. The van der Waals surface area contributed by atoms with Crippen LogP contribution in [0.5, 0.6) is 0 Å². The molecule has 0 heterocycles. The Labute approximate surface area is 193 Å². The van der Waals surface area contributed by atoms with Gasteiger partial charge < -0.3 is 9.47 Å². The minimum Gasteiger partial charge on any atom is -0.466 e. The lowest BCUT2D eigenvalue weighted by atomic mass is 9.84. The van der Waals surface area contributed by atoms with Gasteiger partial charge in [0, 0.05) is 6.42 Å². The molecule has 4 nitrogen and oxygen atoms in total. The van der Waals surface area contributed by atoms with Gasteiger partial charge in [0.25, 0.3) is 0 Å². The second kappa shape index (κ2) is 22.1. The molecule has 0 spiro atoms. The van der Waals surface area contributed by atoms with Gasteiger partial charge in [-0.25, -0.2) is 0 Å². The molecule has 4 heteroatoms. The van der Waals surface area contributed by atoms with Gasteiger partial charge in [-0.3, -0.25) is 9.59 Å². The van der Waals surface area contributed by atoms with E-state index in [-0.39, 0.29) is 17.9 Å². The molecular formula is C27H52O4. The van der Waals surface area contributed by atoms with Crippen LogP contribution in [0, 0.1) is 11.8 Å². The molecule has 0 amide bonds. The molecule has 0 N–H and O–H groups in total. The molecule has 0 saturated heterocycles. The molecule has 0 aliphatic rings. The van der Waals surface area contributed by atoms with Crippen LogP contribution in [0.25, 0.3) is 0 Å². The van der Waals surface area contributed by atoms with E-state index in [0.717, 1.165) is 57.8 Å². The molecule has 2 unspecified atom stereocenters. The summed E-state index contributed by atoms with van der Waals surface area (Å²) in [5, 5.41) is 0. The fourth-order valence-electron chi connectivity index (χ4n) is 4.12. The predicted octanol–water partition coefficient (Wildman–Crippen LogP) is 8.02. The molecule has 31 heavy (non-hydrogen) atoms. The Morgan fingerprint density at radius 3 is 1.65 bits per heavy atom. The normalized spacial score (nSPS) is 13.0. The molecule has 184 valence electrons. The summed E-state index contributed by atoms with van der Waals surface area (Å²) in [5.41, 5.74) is 0. The zero-order chi connectivity index (χ0) is 23.2. The second-order valence-electron chi connectivity index (χ2n) is 9.00. The monoisotopic (exact) mass is 440 g/mol. The summed E-state index contributed by atoms with van der Waals surface area (Å²) in [4.78, 5) is 23.9. The lowest BCUT2D eigenvalue weighted by molar-refractivity contribution is -0.151. The summed E-state index contributed by atoms with van der Waals surface area (Å²) in [7, 11) is 0. The number of esters is 2. The van der Waals surface area contributed by atoms with Crippen molar-refractivity contribution in [2.45, 2.75) is 137 Å². The van der Waals surface area contributed by atoms with Crippen LogP contribution in [0.1, 0.15) is 137 Å². The highest BCUT2D eigenvalue weighted by molar-refractivity contribution is 5.72. The van der Waals surface area contributed by atoms with Crippen molar-refractivity contribution in [3.63, 3.8) is 0 Å². The molecule has 0 aliphatic heterocycles. The summed E-state index contributed by atoms with van der Waals surface area (Å²) < 4.78 is 10.7. The van der Waals surface area contributed by atoms with Gasteiger partial charge in [-0.15, -0.1) is 0 Å². The van der Waals surface area contributed by atoms with E-state index in [2.05, 4.69) is 27.7 Å². The SMILES string of the molecule is CCCCOC(=O)CCCCCCCCCCCC(CC)C(CC)C(=O)OCCCC. The highest BCUT2D eigenvalue weighted by Gasteiger charge is 2.26. The Morgan fingerprint density at radius 2 is 1.13 bits per heavy atom. The number of carbonyl (C=O) groups excluding carboxylic acids is 2. The maximum absolute atomic E-state index is 12.4. The van der Waals surface area contributed by atoms with E-state index >= 15 is 0 Å². The van der Waals surface area contributed by atoms with Crippen molar-refractivity contribution in [2.24, 2.45) is 11.8 Å². The van der Waals surface area contributed by atoms with Crippen molar-refractivity contribution in [1.29, 1.82) is 0 Å². The molecule has 0 bridgehead atoms. The van der Waals surface area contributed by atoms with Gasteiger partial charge in [0.1, 0.15) is 0 Å². The van der Waals surface area contributed by atoms with E-state index in [0.29, 0.717) is 25.6 Å². The van der Waals surface area contributed by atoms with Gasteiger partial charge in [-0.2, -0.15) is 0 Å². The van der Waals surface area contributed by atoms with Crippen LogP contribution >= 0.6 is 0 Å². The van der Waals surface area contributed by atoms with Gasteiger partial charge in [-0.1, -0.05) is 98.3 Å². The summed E-state index contributed by atoms with van der Waals surface area (Å²) >= 11 is 0. The van der Waals surface area contributed by atoms with Gasteiger partial charge >= 0.3 is 11.9 Å². The number of hydrogen-bond acceptors (Lipinski definition) is 4. The molecule has 0 fully saturated rings. The predicted molar refractivity (Wildman–Crippen MR) is 130 cm³/mol. The maximum atomic E-state index is 12.4. The van der Waals surface area contributed by atoms with Crippen molar-refractivity contribution >= 4 is 11.9 Å². The molecule has 0 radical (unpaired) electrons. The van der Waals surface area contributed by atoms with Crippen molar-refractivity contribution in [1.82, 2.24) is 0 Å². The lowest BCUT2D eigenvalue weighted by Gasteiger charge is -2.23. The van der Waals surface area contributed by atoms with E-state index in [1.807, 2.05) is 0 Å². The fraction of sp³-hybridized carbons (Fsp3) is 0.926. The number of rotatable bonds is 22. The van der Waals surface area contributed by atoms with Gasteiger partial charge in [-0.05, 0) is 38.0 Å². The van der Waals surface area contributed by atoms with E-state index in [9.17, 15) is 9.59 Å². The Morgan fingerprint density at radius 1 is 0.613 bits per heavy atom. The molecule has 0 aromatic rings. The topological polar surface area (TPSA) is 52.6 Å². The van der Waals surface area contributed by atoms with Crippen LogP contribution in [0.3, 0.4) is 0 Å². The van der Waals surface area contributed by atoms with Crippen molar-refractivity contribution < 1.29 is 19.1 Å². The number of unbranched alkanes of at least 4 members (excludes halogenated alkanes) is 10. The number of ether oxygens (including phenoxy) is 2. The minimum atomic E-state index is -0.0293. The Balaban J connectivity index is 3.68. The second-order valence-corrected chi connectivity index (χ2v) is 9.00. The standard InChI is InChI=1S/C27H52O4/c1-5-9-22-30-26(28)21-19-17-15-13-11-12-14-16-18-20-24(7-3)25(8-4)27(29)31-23-10-6-2/h24-25H,5-23H2,1-4H3. The highest BCUT2D eigenvalue weighted by Crippen LogP contribution is 2.27. The smallest absolute Gasteiger partial charge is 0.309 e. The third-order valence-corrected chi connectivity index (χ3v) is 6.29. The number of hydrogen-bond donors (Lipinski definition) is 0. The summed E-state index contributed by atoms with van der Waals surface area (Å²) in [6.45, 7) is 9.70. The van der Waals surface area contributed by atoms with Crippen molar-refractivity contribution in [3.05, 3.63) is 0 Å². The third-order valence-electron chi connectivity index (χ3n) is 6.29. The Hall–Kier alpha value is -1.06. The van der Waals surface area contributed by atoms with Crippen LogP contribution < -0.4 is 0 Å². The summed E-state index contributed by atoms with van der Waals surface area (Å²) in [5.74, 6) is 0.536. The first-order chi connectivity index (χ1) is 15.1. The summed E-state index contributed by atoms with van der Waals surface area (Å²) in [6.07, 6.45) is 18.7. The van der Waals surface area contributed by atoms with Gasteiger partial charge in [0.2, 0.25) is 0 Å². The Bertz CT molecular complexity index is 421. The largest absolute Gasteiger partial charge is 0.466 e. The van der Waals surface area contributed by atoms with Crippen molar-refractivity contribution in [2.75, 3.05) is 13.2 Å². The number of carbonyl (C=O) groups is 2. The first kappa shape index (κ1) is 29.9. The molecule has 0 aromatic heterocycles. The quantitative estimate of drug-likeness (QED) is 0.126. The molecule has 0 rings (SSSR count). The van der Waals surface area contributed by atoms with Crippen LogP contribution in [0.2, 0.25) is 0 Å². The van der Waals surface area contributed by atoms with Gasteiger partial charge in [0.15, 0.2) is 0 Å². The average molecular weight is 441 g/mol. The van der Waals surface area contributed by atoms with Crippen molar-refractivity contribution in [3.8, 4) is 0 Å². The molecule has 0 aliphatic carbocycles. The van der Waals surface area contributed by atoms with E-state index in [1.54, 1.807) is 0 Å². The van der Waals surface area contributed by atoms with E-state index < -0.39 is 0 Å². The zero-order valence-corrected chi connectivity index (χ0v) is 21.2. The first-order valence-electron chi connectivity index (χ1n) is 13.4. The highest BCUT2D eigenvalue weighted by atomic mass is 16.5. The van der Waals surface area contributed by atoms with E-state index in [4.69, 9.17) is 9.47 Å². The molecule has 2 atom stereocenters. The summed E-state index contributed by atoms with van der Waals surface area (Å²) in [6, 6.07) is 0. The van der Waals surface area contributed by atoms with Crippen LogP contribution in [0.15, 0.2) is 0 Å². The maximum Gasteiger partial charge on any atom is 0.309 e. The fourth-order valence-corrected chi connectivity index (χ4v) is 4.12. The Kier molecular flexibility index (Phi) is 21.4. The zero-order valence-electron chi connectivity index (χ0n) is 21.2. The molecule has 0 aromatic carbocycles. The molecular weight excluding hydrogens is 388 g/mol. The third kappa shape index (κ3) is 17.2. The minimum absolute atomic E-state index is 0.0250. The van der Waals surface area contributed by atoms with E-state index in [1.165, 1.54) is 44.9 Å². The van der Waals surface area contributed by atoms with Crippen LogP contribution in [-0.4, -0.2) is 25.2 Å². The molecule has 0 saturated carbocycles. The van der Waals surface area contributed by atoms with Gasteiger partial charge in [0.05, 0.1) is 19.1 Å². The van der Waals surface area contributed by atoms with Crippen LogP contribution in [-0.2, 0) is 19.1 Å².